The minimum Gasteiger partial charge on any atom is -0.393 e. The van der Waals surface area contributed by atoms with E-state index in [-0.39, 0.29) is 6.10 Å². The quantitative estimate of drug-likeness (QED) is 0.904. The molecule has 144 valence electrons. The van der Waals surface area contributed by atoms with Gasteiger partial charge in [-0.3, -0.25) is 0 Å². The third kappa shape index (κ3) is 4.47. The minimum atomic E-state index is -0.101. The number of hydrogen-bond acceptors (Lipinski definition) is 5. The molecule has 0 radical (unpaired) electrons. The smallest absolute Gasteiger partial charge is 0.161 e. The molecule has 0 spiro atoms. The zero-order chi connectivity index (χ0) is 18.6. The van der Waals surface area contributed by atoms with Crippen LogP contribution in [0.5, 0.6) is 0 Å². The van der Waals surface area contributed by atoms with Gasteiger partial charge in [-0.25, -0.2) is 9.97 Å². The van der Waals surface area contributed by atoms with Crippen molar-refractivity contribution >= 4 is 5.82 Å². The van der Waals surface area contributed by atoms with Crippen LogP contribution >= 0.6 is 0 Å². The second-order valence-corrected chi connectivity index (χ2v) is 7.90. The van der Waals surface area contributed by atoms with Gasteiger partial charge in [0.2, 0.25) is 0 Å². The molecule has 2 aromatic rings. The Morgan fingerprint density at radius 3 is 2.48 bits per heavy atom. The van der Waals surface area contributed by atoms with E-state index in [1.807, 2.05) is 25.1 Å². The molecule has 5 nitrogen and oxygen atoms in total. The monoisotopic (exact) mass is 366 g/mol. The molecule has 2 fully saturated rings. The third-order valence-corrected chi connectivity index (χ3v) is 5.91. The molecular weight excluding hydrogens is 336 g/mol. The van der Waals surface area contributed by atoms with E-state index >= 15 is 0 Å². The molecule has 0 aliphatic carbocycles. The van der Waals surface area contributed by atoms with E-state index in [2.05, 4.69) is 33.0 Å². The molecule has 1 aromatic heterocycles. The van der Waals surface area contributed by atoms with E-state index in [1.165, 1.54) is 12.8 Å². The molecule has 1 atom stereocenters. The molecule has 3 heterocycles. The van der Waals surface area contributed by atoms with E-state index in [1.54, 1.807) is 0 Å². The van der Waals surface area contributed by atoms with Crippen molar-refractivity contribution < 1.29 is 5.11 Å². The van der Waals surface area contributed by atoms with Gasteiger partial charge in [-0.1, -0.05) is 30.3 Å². The van der Waals surface area contributed by atoms with Crippen LogP contribution in [0, 0.1) is 6.92 Å². The summed E-state index contributed by atoms with van der Waals surface area (Å²) in [5.74, 6) is 1.86. The van der Waals surface area contributed by atoms with Crippen LogP contribution in [-0.2, 0) is 0 Å². The number of nitrogens with zero attached hydrogens (tertiary/aromatic N) is 4. The summed E-state index contributed by atoms with van der Waals surface area (Å²) in [6.07, 6.45) is 5.23. The highest BCUT2D eigenvalue weighted by molar-refractivity contribution is 5.57. The molecule has 0 amide bonds. The summed E-state index contributed by atoms with van der Waals surface area (Å²) in [7, 11) is 0. The molecule has 27 heavy (non-hydrogen) atoms. The lowest BCUT2D eigenvalue weighted by molar-refractivity contribution is 0.140. The lowest BCUT2D eigenvalue weighted by Crippen LogP contribution is -2.45. The lowest BCUT2D eigenvalue weighted by Gasteiger charge is -2.38. The van der Waals surface area contributed by atoms with E-state index in [0.717, 1.165) is 68.3 Å². The maximum absolute atomic E-state index is 9.89. The predicted molar refractivity (Wildman–Crippen MR) is 109 cm³/mol. The van der Waals surface area contributed by atoms with E-state index in [0.29, 0.717) is 6.04 Å². The highest BCUT2D eigenvalue weighted by Gasteiger charge is 2.27. The van der Waals surface area contributed by atoms with Crippen LogP contribution in [0.2, 0.25) is 0 Å². The third-order valence-electron chi connectivity index (χ3n) is 5.91. The fourth-order valence-electron chi connectivity index (χ4n) is 4.36. The predicted octanol–water partition coefficient (Wildman–Crippen LogP) is 3.27. The number of anilines is 1. The number of aliphatic hydroxyl groups is 1. The van der Waals surface area contributed by atoms with Gasteiger partial charge in [-0.05, 0) is 45.6 Å². The van der Waals surface area contributed by atoms with Crippen LogP contribution in [0.4, 0.5) is 5.82 Å². The molecule has 0 saturated carbocycles. The molecule has 2 aliphatic heterocycles. The summed E-state index contributed by atoms with van der Waals surface area (Å²) in [6, 6.07) is 13.0. The minimum absolute atomic E-state index is 0.101. The summed E-state index contributed by atoms with van der Waals surface area (Å²) < 4.78 is 0. The highest BCUT2D eigenvalue weighted by atomic mass is 16.3. The average molecular weight is 367 g/mol. The number of likely N-dealkylation sites (tertiary alicyclic amines) is 1. The maximum Gasteiger partial charge on any atom is 0.161 e. The summed E-state index contributed by atoms with van der Waals surface area (Å²) in [5, 5.41) is 9.89. The Morgan fingerprint density at radius 2 is 1.70 bits per heavy atom. The largest absolute Gasteiger partial charge is 0.393 e. The topological polar surface area (TPSA) is 52.5 Å². The second kappa shape index (κ2) is 8.36. The summed E-state index contributed by atoms with van der Waals surface area (Å²) >= 11 is 0. The van der Waals surface area contributed by atoms with Crippen LogP contribution in [0.15, 0.2) is 36.4 Å². The fourth-order valence-corrected chi connectivity index (χ4v) is 4.36. The first-order valence-corrected chi connectivity index (χ1v) is 10.3. The maximum atomic E-state index is 9.89. The first kappa shape index (κ1) is 18.4. The van der Waals surface area contributed by atoms with Gasteiger partial charge in [0.25, 0.3) is 0 Å². The van der Waals surface area contributed by atoms with Crippen molar-refractivity contribution in [3.8, 4) is 11.4 Å². The van der Waals surface area contributed by atoms with Gasteiger partial charge >= 0.3 is 0 Å². The number of hydrogen-bond donors (Lipinski definition) is 1. The summed E-state index contributed by atoms with van der Waals surface area (Å²) in [4.78, 5) is 14.5. The Kier molecular flexibility index (Phi) is 5.69. The number of aromatic nitrogens is 2. The zero-order valence-corrected chi connectivity index (χ0v) is 16.2. The summed E-state index contributed by atoms with van der Waals surface area (Å²) in [5.41, 5.74) is 2.09. The van der Waals surface area contributed by atoms with Gasteiger partial charge in [0.05, 0.1) is 6.10 Å². The van der Waals surface area contributed by atoms with Crippen molar-refractivity contribution in [1.82, 2.24) is 14.9 Å². The number of benzene rings is 1. The highest BCUT2D eigenvalue weighted by Crippen LogP contribution is 2.25. The average Bonchev–Trinajstić information content (AvgIpc) is 2.93. The van der Waals surface area contributed by atoms with E-state index in [4.69, 9.17) is 4.98 Å². The second-order valence-electron chi connectivity index (χ2n) is 7.90. The molecule has 0 bridgehead atoms. The van der Waals surface area contributed by atoms with E-state index in [9.17, 15) is 5.11 Å². The van der Waals surface area contributed by atoms with Gasteiger partial charge in [0, 0.05) is 43.0 Å². The van der Waals surface area contributed by atoms with Crippen LogP contribution in [0.3, 0.4) is 0 Å². The Morgan fingerprint density at radius 1 is 0.926 bits per heavy atom. The first-order valence-electron chi connectivity index (χ1n) is 10.3. The summed E-state index contributed by atoms with van der Waals surface area (Å²) in [6.45, 7) is 6.29. The SMILES string of the molecule is Cc1cc(N2CCC(N3CCC[C@@H](O)CC3)CC2)nc(-c2ccccc2)n1. The van der Waals surface area contributed by atoms with Crippen molar-refractivity contribution in [3.63, 3.8) is 0 Å². The molecule has 1 N–H and O–H groups in total. The molecule has 5 heteroatoms. The number of aryl methyl sites for hydroxylation is 1. The van der Waals surface area contributed by atoms with E-state index < -0.39 is 0 Å². The molecule has 0 unspecified atom stereocenters. The van der Waals surface area contributed by atoms with Gasteiger partial charge in [0.1, 0.15) is 5.82 Å². The van der Waals surface area contributed by atoms with Gasteiger partial charge in [0.15, 0.2) is 5.82 Å². The van der Waals surface area contributed by atoms with Crippen LogP contribution in [0.1, 0.15) is 37.8 Å². The van der Waals surface area contributed by atoms with Gasteiger partial charge in [-0.15, -0.1) is 0 Å². The standard InChI is InChI=1S/C22H30N4O/c1-17-16-21(24-22(23-17)18-6-3-2-4-7-18)26-13-9-19(10-14-26)25-12-5-8-20(27)11-15-25/h2-4,6-7,16,19-20,27H,5,8-15H2,1H3/t20-/m1/s1. The number of aliphatic hydroxyl groups excluding tert-OH is 1. The Bertz CT molecular complexity index is 743. The van der Waals surface area contributed by atoms with Crippen LogP contribution < -0.4 is 4.90 Å². The van der Waals surface area contributed by atoms with Crippen LogP contribution in [-0.4, -0.2) is 58.3 Å². The van der Waals surface area contributed by atoms with Gasteiger partial charge in [-0.2, -0.15) is 0 Å². The van der Waals surface area contributed by atoms with Crippen molar-refractivity contribution in [2.75, 3.05) is 31.1 Å². The number of rotatable bonds is 3. The normalized spacial score (nSPS) is 22.6. The van der Waals surface area contributed by atoms with Crippen molar-refractivity contribution in [3.05, 3.63) is 42.1 Å². The Balaban J connectivity index is 1.43. The zero-order valence-electron chi connectivity index (χ0n) is 16.2. The van der Waals surface area contributed by atoms with Gasteiger partial charge < -0.3 is 14.9 Å². The Labute approximate surface area is 162 Å². The van der Waals surface area contributed by atoms with Crippen molar-refractivity contribution in [2.45, 2.75) is 51.2 Å². The molecule has 4 rings (SSSR count). The molecule has 2 saturated heterocycles. The molecular formula is C22H30N4O. The lowest BCUT2D eigenvalue weighted by atomic mass is 10.0. The molecule has 1 aromatic carbocycles. The van der Waals surface area contributed by atoms with Crippen molar-refractivity contribution in [1.29, 1.82) is 0 Å². The Hall–Kier alpha value is -1.98. The fraction of sp³-hybridized carbons (Fsp3) is 0.545. The number of piperidine rings is 1. The first-order chi connectivity index (χ1) is 13.2. The van der Waals surface area contributed by atoms with Crippen molar-refractivity contribution in [2.24, 2.45) is 0 Å². The van der Waals surface area contributed by atoms with Crippen LogP contribution in [0.25, 0.3) is 11.4 Å². The molecule has 2 aliphatic rings.